The van der Waals surface area contributed by atoms with Crippen LogP contribution in [0.3, 0.4) is 0 Å². The monoisotopic (exact) mass is 517 g/mol. The van der Waals surface area contributed by atoms with Crippen LogP contribution in [0.2, 0.25) is 0 Å². The molecule has 0 radical (unpaired) electrons. The molecule has 2 fully saturated rings. The van der Waals surface area contributed by atoms with E-state index in [1.54, 1.807) is 36.2 Å². The normalized spacial score (nSPS) is 19.9. The topological polar surface area (TPSA) is 112 Å². The second kappa shape index (κ2) is 8.73. The summed E-state index contributed by atoms with van der Waals surface area (Å²) >= 11 is 0. The number of nitrogens with two attached hydrogens (primary N) is 1. The molecule has 0 atom stereocenters. The van der Waals surface area contributed by atoms with Crippen molar-refractivity contribution in [1.29, 1.82) is 0 Å². The Kier molecular flexibility index (Phi) is 5.60. The summed E-state index contributed by atoms with van der Waals surface area (Å²) in [6.45, 7) is 2.06. The number of fused-ring (bicyclic) bond motifs is 2. The Balaban J connectivity index is 1.34. The van der Waals surface area contributed by atoms with E-state index in [-0.39, 0.29) is 29.9 Å². The summed E-state index contributed by atoms with van der Waals surface area (Å²) in [5.41, 5.74) is 8.16. The number of anilines is 1. The van der Waals surface area contributed by atoms with Crippen LogP contribution in [0.1, 0.15) is 12.2 Å². The molecule has 0 saturated carbocycles. The molecule has 0 spiro atoms. The van der Waals surface area contributed by atoms with Crippen LogP contribution in [0.4, 0.5) is 29.3 Å². The first-order valence-corrected chi connectivity index (χ1v) is 11.7. The molecule has 10 nitrogen and oxygen atoms in total. The maximum absolute atomic E-state index is 14.8. The molecule has 2 saturated heterocycles. The zero-order valence-corrected chi connectivity index (χ0v) is 19.8. The number of ether oxygens (including phenoxy) is 1. The molecule has 4 aromatic rings. The van der Waals surface area contributed by atoms with Crippen LogP contribution in [-0.4, -0.2) is 84.4 Å². The van der Waals surface area contributed by atoms with E-state index in [1.807, 2.05) is 0 Å². The minimum absolute atomic E-state index is 0.0136. The number of imidazole rings is 1. The highest BCUT2D eigenvalue weighted by Crippen LogP contribution is 2.32. The van der Waals surface area contributed by atoms with E-state index in [4.69, 9.17) is 10.5 Å². The SMILES string of the molecule is Cc1nc2ccc(-c3ccn4nc(/N=C5\CCN(C6COC6)CC5(F)F)nc(N)c34)nc2n1CC(F)F. The average molecular weight is 517 g/mol. The standard InChI is InChI=1S/C23H23F4N9O/c1-12-29-16-3-2-15(30-21(16)35(12)8-18(24)25)14-4-7-36-19(14)20(28)32-22(33-36)31-17-5-6-34(11-23(17,26)27)13-9-37-10-13/h2-4,7,13,18H,5-6,8-11H2,1H3,(H2,28,32,33)/b31-17+. The molecule has 0 bridgehead atoms. The van der Waals surface area contributed by atoms with E-state index in [0.29, 0.717) is 53.5 Å². The van der Waals surface area contributed by atoms with Crippen molar-refractivity contribution >= 4 is 34.2 Å². The minimum atomic E-state index is -3.12. The lowest BCUT2D eigenvalue weighted by Crippen LogP contribution is -2.58. The van der Waals surface area contributed by atoms with E-state index in [9.17, 15) is 17.6 Å². The fourth-order valence-corrected chi connectivity index (χ4v) is 4.78. The first-order chi connectivity index (χ1) is 17.7. The van der Waals surface area contributed by atoms with Gasteiger partial charge in [-0.2, -0.15) is 13.8 Å². The Hall–Kier alpha value is -3.65. The lowest BCUT2D eigenvalue weighted by atomic mass is 10.0. The number of nitrogen functional groups attached to an aromatic ring is 1. The van der Waals surface area contributed by atoms with Crippen molar-refractivity contribution in [3.8, 4) is 11.3 Å². The van der Waals surface area contributed by atoms with Crippen molar-refractivity contribution in [2.24, 2.45) is 4.99 Å². The summed E-state index contributed by atoms with van der Waals surface area (Å²) in [5, 5.41) is 4.27. The number of nitrogens with zero attached hydrogens (tertiary/aromatic N) is 8. The van der Waals surface area contributed by atoms with Gasteiger partial charge in [-0.25, -0.2) is 28.3 Å². The number of likely N-dealkylation sites (tertiary alicyclic amines) is 1. The van der Waals surface area contributed by atoms with Gasteiger partial charge in [0.05, 0.1) is 43.8 Å². The Bertz CT molecular complexity index is 1530. The summed E-state index contributed by atoms with van der Waals surface area (Å²) < 4.78 is 63.7. The largest absolute Gasteiger partial charge is 0.382 e. The number of hydrogen-bond donors (Lipinski definition) is 1. The first kappa shape index (κ1) is 23.7. The molecule has 6 heterocycles. The zero-order chi connectivity index (χ0) is 25.9. The molecule has 2 N–H and O–H groups in total. The summed E-state index contributed by atoms with van der Waals surface area (Å²) in [6, 6.07) is 5.10. The van der Waals surface area contributed by atoms with Gasteiger partial charge < -0.3 is 15.0 Å². The third-order valence-electron chi connectivity index (χ3n) is 6.74. The maximum atomic E-state index is 14.8. The first-order valence-electron chi connectivity index (χ1n) is 11.7. The minimum Gasteiger partial charge on any atom is -0.382 e. The highest BCUT2D eigenvalue weighted by atomic mass is 19.3. The zero-order valence-electron chi connectivity index (χ0n) is 19.8. The molecule has 2 aliphatic rings. The summed E-state index contributed by atoms with van der Waals surface area (Å²) in [7, 11) is 0. The highest BCUT2D eigenvalue weighted by Gasteiger charge is 2.44. The van der Waals surface area contributed by atoms with Crippen molar-refractivity contribution in [2.75, 3.05) is 32.0 Å². The number of piperidine rings is 1. The number of aryl methyl sites for hydroxylation is 1. The molecule has 2 aliphatic heterocycles. The van der Waals surface area contributed by atoms with Gasteiger partial charge in [0, 0.05) is 24.7 Å². The average Bonchev–Trinajstić information content (AvgIpc) is 3.35. The Labute approximate surface area is 207 Å². The number of halogens is 4. The summed E-state index contributed by atoms with van der Waals surface area (Å²) in [6.07, 6.45) is -0.887. The van der Waals surface area contributed by atoms with Crippen LogP contribution in [0.5, 0.6) is 0 Å². The molecule has 194 valence electrons. The van der Waals surface area contributed by atoms with E-state index in [0.717, 1.165) is 0 Å². The molecular weight excluding hydrogens is 494 g/mol. The molecule has 14 heteroatoms. The Morgan fingerprint density at radius 2 is 2.00 bits per heavy atom. The molecule has 6 rings (SSSR count). The number of rotatable bonds is 5. The van der Waals surface area contributed by atoms with E-state index in [2.05, 4.69) is 25.0 Å². The van der Waals surface area contributed by atoms with Crippen molar-refractivity contribution < 1.29 is 22.3 Å². The number of aromatic nitrogens is 6. The number of alkyl halides is 4. The van der Waals surface area contributed by atoms with Gasteiger partial charge in [-0.3, -0.25) is 4.90 Å². The van der Waals surface area contributed by atoms with Crippen LogP contribution in [0.15, 0.2) is 29.4 Å². The van der Waals surface area contributed by atoms with Gasteiger partial charge in [0.2, 0.25) is 0 Å². The van der Waals surface area contributed by atoms with Crippen LogP contribution < -0.4 is 5.73 Å². The molecule has 37 heavy (non-hydrogen) atoms. The van der Waals surface area contributed by atoms with Crippen molar-refractivity contribution in [2.45, 2.75) is 38.3 Å². The molecule has 0 amide bonds. The highest BCUT2D eigenvalue weighted by molar-refractivity contribution is 5.94. The van der Waals surface area contributed by atoms with Crippen LogP contribution in [0, 0.1) is 6.92 Å². The van der Waals surface area contributed by atoms with Crippen molar-refractivity contribution in [1.82, 2.24) is 34.0 Å². The number of aliphatic imine (C=N–C) groups is 1. The van der Waals surface area contributed by atoms with Crippen LogP contribution in [-0.2, 0) is 11.3 Å². The third-order valence-corrected chi connectivity index (χ3v) is 6.74. The van der Waals surface area contributed by atoms with Gasteiger partial charge in [-0.05, 0) is 25.1 Å². The Morgan fingerprint density at radius 3 is 2.70 bits per heavy atom. The van der Waals surface area contributed by atoms with Gasteiger partial charge in [-0.15, -0.1) is 5.10 Å². The van der Waals surface area contributed by atoms with Gasteiger partial charge in [-0.1, -0.05) is 0 Å². The van der Waals surface area contributed by atoms with E-state index >= 15 is 0 Å². The maximum Gasteiger partial charge on any atom is 0.298 e. The van der Waals surface area contributed by atoms with Crippen molar-refractivity contribution in [3.63, 3.8) is 0 Å². The fourth-order valence-electron chi connectivity index (χ4n) is 4.78. The van der Waals surface area contributed by atoms with Gasteiger partial charge in [0.15, 0.2) is 11.5 Å². The fraction of sp³-hybridized carbons (Fsp3) is 0.435. The lowest BCUT2D eigenvalue weighted by molar-refractivity contribution is -0.0936. The second-order valence-corrected chi connectivity index (χ2v) is 9.19. The molecule has 0 aromatic carbocycles. The quantitative estimate of drug-likeness (QED) is 0.405. The summed E-state index contributed by atoms with van der Waals surface area (Å²) in [4.78, 5) is 18.8. The van der Waals surface area contributed by atoms with Gasteiger partial charge >= 0.3 is 0 Å². The molecular formula is C23H23F4N9O. The number of hydrogen-bond acceptors (Lipinski definition) is 8. The second-order valence-electron chi connectivity index (χ2n) is 9.19. The van der Waals surface area contributed by atoms with Crippen LogP contribution in [0.25, 0.3) is 27.9 Å². The van der Waals surface area contributed by atoms with Gasteiger partial charge in [0.25, 0.3) is 18.3 Å². The summed E-state index contributed by atoms with van der Waals surface area (Å²) in [5.74, 6) is -2.84. The predicted molar refractivity (Wildman–Crippen MR) is 128 cm³/mol. The van der Waals surface area contributed by atoms with Crippen LogP contribution >= 0.6 is 0 Å². The Morgan fingerprint density at radius 1 is 1.19 bits per heavy atom. The van der Waals surface area contributed by atoms with Gasteiger partial charge in [0.1, 0.15) is 16.9 Å². The molecule has 4 aromatic heterocycles. The number of pyridine rings is 1. The molecule has 0 unspecified atom stereocenters. The predicted octanol–water partition coefficient (Wildman–Crippen LogP) is 3.11. The molecule has 0 aliphatic carbocycles. The van der Waals surface area contributed by atoms with E-state index < -0.39 is 25.4 Å². The lowest BCUT2D eigenvalue weighted by Gasteiger charge is -2.42. The smallest absolute Gasteiger partial charge is 0.298 e. The van der Waals surface area contributed by atoms with Crippen molar-refractivity contribution in [3.05, 3.63) is 30.2 Å². The third kappa shape index (κ3) is 4.19. The van der Waals surface area contributed by atoms with E-state index in [1.165, 1.54) is 9.08 Å².